The fourth-order valence-corrected chi connectivity index (χ4v) is 0.883. The van der Waals surface area contributed by atoms with Crippen molar-refractivity contribution in [2.45, 2.75) is 18.2 Å². The Balaban J connectivity index is 3.91. The summed E-state index contributed by atoms with van der Waals surface area (Å²) >= 11 is 2.88. The van der Waals surface area contributed by atoms with E-state index >= 15 is 0 Å². The van der Waals surface area contributed by atoms with Gasteiger partial charge in [-0.1, -0.05) is 15.9 Å². The third kappa shape index (κ3) is 3.43. The van der Waals surface area contributed by atoms with Gasteiger partial charge in [0.15, 0.2) is 0 Å². The summed E-state index contributed by atoms with van der Waals surface area (Å²) in [6, 6.07) is 0. The lowest BCUT2D eigenvalue weighted by Gasteiger charge is -1.99. The van der Waals surface area contributed by atoms with Crippen molar-refractivity contribution < 1.29 is 14.7 Å². The van der Waals surface area contributed by atoms with Crippen LogP contribution in [0.4, 0.5) is 0 Å². The van der Waals surface area contributed by atoms with Gasteiger partial charge in [-0.15, -0.1) is 0 Å². The van der Waals surface area contributed by atoms with Crippen LogP contribution in [0.2, 0.25) is 0 Å². The van der Waals surface area contributed by atoms with Gasteiger partial charge in [0.25, 0.3) is 0 Å². The number of halogens is 1. The van der Waals surface area contributed by atoms with Crippen LogP contribution in [-0.2, 0) is 9.59 Å². The number of allylic oxidation sites excluding steroid dienone is 1. The molecule has 56 valence electrons. The Bertz CT molecular complexity index is 181. The minimum absolute atomic E-state index is 0.207. The molecule has 1 atom stereocenters. The van der Waals surface area contributed by atoms with Crippen LogP contribution in [0.3, 0.4) is 0 Å². The molecule has 0 amide bonds. The van der Waals surface area contributed by atoms with E-state index in [1.54, 1.807) is 12.9 Å². The number of aliphatic carboxylic acids is 1. The highest BCUT2D eigenvalue weighted by Gasteiger charge is 2.12. The van der Waals surface area contributed by atoms with E-state index in [0.29, 0.717) is 5.57 Å². The predicted molar refractivity (Wildman–Crippen MR) is 39.8 cm³/mol. The number of rotatable bonds is 3. The number of carbonyl (C=O) groups is 1. The number of carboxylic acids is 1. The fourth-order valence-electron chi connectivity index (χ4n) is 0.398. The summed E-state index contributed by atoms with van der Waals surface area (Å²) in [5, 5.41) is 8.34. The largest absolute Gasteiger partial charge is 0.480 e. The van der Waals surface area contributed by atoms with Gasteiger partial charge in [-0.05, 0) is 6.92 Å². The van der Waals surface area contributed by atoms with Crippen molar-refractivity contribution in [3.8, 4) is 0 Å². The summed E-state index contributed by atoms with van der Waals surface area (Å²) in [5.74, 6) is 0.661. The standard InChI is InChI=1S/C6H7BrO3/c1-4(3-8)2-5(7)6(9)10/h5H,2H2,1H3,(H,9,10). The highest BCUT2D eigenvalue weighted by atomic mass is 79.9. The second-order valence-electron chi connectivity index (χ2n) is 1.89. The Hall–Kier alpha value is -0.600. The van der Waals surface area contributed by atoms with Crippen molar-refractivity contribution in [1.82, 2.24) is 0 Å². The Morgan fingerprint density at radius 2 is 2.30 bits per heavy atom. The topological polar surface area (TPSA) is 54.4 Å². The molecule has 0 heterocycles. The molecule has 1 N–H and O–H groups in total. The minimum Gasteiger partial charge on any atom is -0.480 e. The average Bonchev–Trinajstić information content (AvgIpc) is 1.87. The van der Waals surface area contributed by atoms with E-state index in [1.165, 1.54) is 0 Å². The van der Waals surface area contributed by atoms with Crippen molar-refractivity contribution >= 4 is 27.8 Å². The van der Waals surface area contributed by atoms with Gasteiger partial charge in [-0.3, -0.25) is 4.79 Å². The monoisotopic (exact) mass is 206 g/mol. The summed E-state index contributed by atoms with van der Waals surface area (Å²) in [6.07, 6.45) is 0.207. The molecule has 0 radical (unpaired) electrons. The van der Waals surface area contributed by atoms with Crippen molar-refractivity contribution in [1.29, 1.82) is 0 Å². The number of alkyl halides is 1. The van der Waals surface area contributed by atoms with E-state index in [2.05, 4.69) is 15.9 Å². The van der Waals surface area contributed by atoms with Gasteiger partial charge >= 0.3 is 5.97 Å². The lowest BCUT2D eigenvalue weighted by atomic mass is 10.2. The minimum atomic E-state index is -0.963. The molecule has 0 aromatic carbocycles. The molecule has 0 aliphatic rings. The van der Waals surface area contributed by atoms with Gasteiger partial charge < -0.3 is 5.11 Å². The molecule has 10 heavy (non-hydrogen) atoms. The van der Waals surface area contributed by atoms with Crippen LogP contribution >= 0.6 is 15.9 Å². The van der Waals surface area contributed by atoms with Gasteiger partial charge in [0, 0.05) is 12.0 Å². The van der Waals surface area contributed by atoms with Gasteiger partial charge in [-0.2, -0.15) is 0 Å². The SMILES string of the molecule is CC(=C=O)CC(Br)C(=O)O. The van der Waals surface area contributed by atoms with Gasteiger partial charge in [0.1, 0.15) is 10.8 Å². The summed E-state index contributed by atoms with van der Waals surface area (Å²) in [5.41, 5.74) is 0.407. The maximum absolute atomic E-state index is 10.2. The lowest BCUT2D eigenvalue weighted by molar-refractivity contribution is -0.136. The van der Waals surface area contributed by atoms with E-state index in [-0.39, 0.29) is 6.42 Å². The van der Waals surface area contributed by atoms with Crippen LogP contribution in [0.15, 0.2) is 5.57 Å². The van der Waals surface area contributed by atoms with Crippen molar-refractivity contribution in [3.63, 3.8) is 0 Å². The molecule has 1 unspecified atom stereocenters. The number of carboxylic acid groups (broad SMARTS) is 1. The molecule has 0 aromatic heterocycles. The number of hydrogen-bond acceptors (Lipinski definition) is 2. The number of hydrogen-bond donors (Lipinski definition) is 1. The molecular formula is C6H7BrO3. The Morgan fingerprint density at radius 3 is 2.60 bits per heavy atom. The Labute approximate surface area is 66.9 Å². The van der Waals surface area contributed by atoms with Crippen LogP contribution in [0, 0.1) is 0 Å². The lowest BCUT2D eigenvalue weighted by Crippen LogP contribution is -2.12. The second kappa shape index (κ2) is 4.25. The van der Waals surface area contributed by atoms with E-state index in [0.717, 1.165) is 0 Å². The number of carbonyl (C=O) groups excluding carboxylic acids is 1. The molecular weight excluding hydrogens is 200 g/mol. The van der Waals surface area contributed by atoms with Crippen LogP contribution in [0.1, 0.15) is 13.3 Å². The normalized spacial score (nSPS) is 11.8. The quantitative estimate of drug-likeness (QED) is 0.554. The molecule has 0 bridgehead atoms. The van der Waals surface area contributed by atoms with Gasteiger partial charge in [0.2, 0.25) is 0 Å². The van der Waals surface area contributed by atoms with Crippen molar-refractivity contribution in [3.05, 3.63) is 5.57 Å². The molecule has 3 nitrogen and oxygen atoms in total. The van der Waals surface area contributed by atoms with Crippen LogP contribution in [-0.4, -0.2) is 21.8 Å². The van der Waals surface area contributed by atoms with Crippen molar-refractivity contribution in [2.24, 2.45) is 0 Å². The molecule has 0 aliphatic heterocycles. The smallest absolute Gasteiger partial charge is 0.317 e. The van der Waals surface area contributed by atoms with Gasteiger partial charge in [0.05, 0.1) is 0 Å². The zero-order valence-electron chi connectivity index (χ0n) is 5.43. The van der Waals surface area contributed by atoms with Crippen LogP contribution in [0.25, 0.3) is 0 Å². The summed E-state index contributed by atoms with van der Waals surface area (Å²) in [7, 11) is 0. The summed E-state index contributed by atoms with van der Waals surface area (Å²) in [4.78, 5) is 19.4. The highest BCUT2D eigenvalue weighted by Crippen LogP contribution is 2.09. The van der Waals surface area contributed by atoms with E-state index in [4.69, 9.17) is 5.11 Å². The van der Waals surface area contributed by atoms with E-state index < -0.39 is 10.8 Å². The summed E-state index contributed by atoms with van der Waals surface area (Å²) in [6.45, 7) is 1.55. The zero-order chi connectivity index (χ0) is 8.15. The van der Waals surface area contributed by atoms with Crippen LogP contribution < -0.4 is 0 Å². The maximum atomic E-state index is 10.2. The van der Waals surface area contributed by atoms with E-state index in [9.17, 15) is 9.59 Å². The molecule has 0 fully saturated rings. The predicted octanol–water partition coefficient (Wildman–Crippen LogP) is 1.00. The molecule has 4 heteroatoms. The van der Waals surface area contributed by atoms with Crippen molar-refractivity contribution in [2.75, 3.05) is 0 Å². The Morgan fingerprint density at radius 1 is 1.80 bits per heavy atom. The first kappa shape index (κ1) is 9.40. The first-order valence-corrected chi connectivity index (χ1v) is 3.57. The molecule has 0 rings (SSSR count). The third-order valence-electron chi connectivity index (χ3n) is 0.928. The zero-order valence-corrected chi connectivity index (χ0v) is 7.01. The van der Waals surface area contributed by atoms with Gasteiger partial charge in [-0.25, -0.2) is 4.79 Å². The van der Waals surface area contributed by atoms with E-state index in [1.807, 2.05) is 0 Å². The molecule has 0 saturated carbocycles. The fraction of sp³-hybridized carbons (Fsp3) is 0.500. The first-order chi connectivity index (χ1) is 4.57. The highest BCUT2D eigenvalue weighted by molar-refractivity contribution is 9.10. The molecule has 0 saturated heterocycles. The second-order valence-corrected chi connectivity index (χ2v) is 3.00. The van der Waals surface area contributed by atoms with Crippen LogP contribution in [0.5, 0.6) is 0 Å². The Kier molecular flexibility index (Phi) is 4.00. The molecule has 0 spiro atoms. The maximum Gasteiger partial charge on any atom is 0.317 e. The molecule has 0 aliphatic carbocycles. The third-order valence-corrected chi connectivity index (χ3v) is 1.64. The summed E-state index contributed by atoms with van der Waals surface area (Å²) < 4.78 is 0. The molecule has 0 aromatic rings. The average molecular weight is 207 g/mol. The first-order valence-electron chi connectivity index (χ1n) is 2.65.